The molecule has 1 radical (unpaired) electrons. The summed E-state index contributed by atoms with van der Waals surface area (Å²) < 4.78 is 5.99. The van der Waals surface area contributed by atoms with Crippen LogP contribution in [0.1, 0.15) is 97.3 Å². The Morgan fingerprint density at radius 3 is 1.55 bits per heavy atom. The summed E-state index contributed by atoms with van der Waals surface area (Å²) in [7, 11) is -0.509. The van der Waals surface area contributed by atoms with E-state index in [1.807, 2.05) is 0 Å². The predicted molar refractivity (Wildman–Crippen MR) is 93.7 cm³/mol. The van der Waals surface area contributed by atoms with Gasteiger partial charge >= 0.3 is 0 Å². The van der Waals surface area contributed by atoms with Crippen LogP contribution in [0, 0.1) is 0 Å². The first kappa shape index (κ1) is 20.2. The fraction of sp³-hybridized carbons (Fsp3) is 1.00. The van der Waals surface area contributed by atoms with Gasteiger partial charge in [0.25, 0.3) is 0 Å². The maximum Gasteiger partial charge on any atom is 0.205 e. The van der Waals surface area contributed by atoms with Gasteiger partial charge in [0.05, 0.1) is 0 Å². The molecule has 0 aliphatic carbocycles. The van der Waals surface area contributed by atoms with Gasteiger partial charge in [-0.15, -0.1) is 0 Å². The number of hydrogen-bond acceptors (Lipinski definition) is 1. The summed E-state index contributed by atoms with van der Waals surface area (Å²) in [6, 6.07) is 0. The summed E-state index contributed by atoms with van der Waals surface area (Å²) in [5.74, 6) is 0. The first-order valence-electron chi connectivity index (χ1n) is 9.17. The van der Waals surface area contributed by atoms with E-state index in [0.29, 0.717) is 6.10 Å². The first-order valence-corrected chi connectivity index (χ1v) is 11.6. The lowest BCUT2D eigenvalue weighted by atomic mass is 10.0. The summed E-state index contributed by atoms with van der Waals surface area (Å²) in [5, 5.41) is 0. The zero-order chi connectivity index (χ0) is 15.1. The molecule has 0 rings (SSSR count). The largest absolute Gasteiger partial charge is 0.414 e. The molecule has 0 bridgehead atoms. The zero-order valence-corrected chi connectivity index (χ0v) is 15.7. The van der Waals surface area contributed by atoms with Gasteiger partial charge in [0, 0.05) is 6.10 Å². The normalized spacial score (nSPS) is 13.1. The maximum absolute atomic E-state index is 5.99. The molecule has 0 aromatic heterocycles. The van der Waals surface area contributed by atoms with Gasteiger partial charge in [-0.05, 0) is 25.9 Å². The molecule has 0 fully saturated rings. The van der Waals surface area contributed by atoms with Crippen molar-refractivity contribution >= 4 is 9.04 Å². The molecule has 0 saturated heterocycles. The van der Waals surface area contributed by atoms with Crippen LogP contribution in [0.15, 0.2) is 0 Å². The molecule has 1 atom stereocenters. The summed E-state index contributed by atoms with van der Waals surface area (Å²) in [4.78, 5) is 0. The van der Waals surface area contributed by atoms with Crippen LogP contribution in [0.4, 0.5) is 0 Å². The Morgan fingerprint density at radius 2 is 1.15 bits per heavy atom. The van der Waals surface area contributed by atoms with Gasteiger partial charge in [0.1, 0.15) is 0 Å². The molecule has 0 heterocycles. The van der Waals surface area contributed by atoms with Crippen molar-refractivity contribution in [2.45, 2.75) is 117 Å². The lowest BCUT2D eigenvalue weighted by molar-refractivity contribution is 0.185. The van der Waals surface area contributed by atoms with E-state index in [0.717, 1.165) is 0 Å². The van der Waals surface area contributed by atoms with Crippen molar-refractivity contribution in [2.24, 2.45) is 0 Å². The summed E-state index contributed by atoms with van der Waals surface area (Å²) in [6.07, 6.45) is 18.7. The van der Waals surface area contributed by atoms with E-state index >= 15 is 0 Å². The van der Waals surface area contributed by atoms with Crippen molar-refractivity contribution in [1.82, 2.24) is 0 Å². The molecule has 1 unspecified atom stereocenters. The minimum atomic E-state index is -0.509. The van der Waals surface area contributed by atoms with E-state index in [9.17, 15) is 0 Å². The van der Waals surface area contributed by atoms with E-state index in [2.05, 4.69) is 26.9 Å². The van der Waals surface area contributed by atoms with Gasteiger partial charge in [0.2, 0.25) is 9.04 Å². The standard InChI is InChI=1S/C18H39OSi/c1-5-7-8-9-10-11-12-13-14-15-16-17-18(6-2)19-20(3)4/h18H,5-17H2,1-4H3. The maximum atomic E-state index is 5.99. The monoisotopic (exact) mass is 299 g/mol. The molecule has 0 amide bonds. The van der Waals surface area contributed by atoms with Crippen LogP contribution >= 0.6 is 0 Å². The average Bonchev–Trinajstić information content (AvgIpc) is 2.43. The van der Waals surface area contributed by atoms with Gasteiger partial charge in [-0.25, -0.2) is 0 Å². The molecule has 0 saturated carbocycles. The van der Waals surface area contributed by atoms with Crippen LogP contribution in [-0.2, 0) is 4.43 Å². The SMILES string of the molecule is CCCCCCCCCCCCCC(CC)O[Si](C)C. The van der Waals surface area contributed by atoms with Crippen LogP contribution < -0.4 is 0 Å². The molecule has 0 aliphatic rings. The Morgan fingerprint density at radius 1 is 0.700 bits per heavy atom. The number of unbranched alkanes of at least 4 members (excludes halogenated alkanes) is 10. The average molecular weight is 300 g/mol. The van der Waals surface area contributed by atoms with Crippen LogP contribution in [0.3, 0.4) is 0 Å². The minimum Gasteiger partial charge on any atom is -0.414 e. The third kappa shape index (κ3) is 14.6. The van der Waals surface area contributed by atoms with E-state index in [-0.39, 0.29) is 0 Å². The van der Waals surface area contributed by atoms with Crippen LogP contribution in [-0.4, -0.2) is 15.1 Å². The number of rotatable bonds is 15. The van der Waals surface area contributed by atoms with Gasteiger partial charge < -0.3 is 4.43 Å². The van der Waals surface area contributed by atoms with E-state index < -0.39 is 9.04 Å². The Hall–Kier alpha value is 0.177. The Kier molecular flexibility index (Phi) is 15.7. The van der Waals surface area contributed by atoms with E-state index in [1.165, 1.54) is 83.5 Å². The molecule has 0 spiro atoms. The molecule has 20 heavy (non-hydrogen) atoms. The Balaban J connectivity index is 3.19. The third-order valence-corrected chi connectivity index (χ3v) is 4.79. The summed E-state index contributed by atoms with van der Waals surface area (Å²) in [6.45, 7) is 9.03. The summed E-state index contributed by atoms with van der Waals surface area (Å²) >= 11 is 0. The Bertz CT molecular complexity index is 182. The van der Waals surface area contributed by atoms with Gasteiger partial charge in [-0.1, -0.05) is 84.5 Å². The lowest BCUT2D eigenvalue weighted by Gasteiger charge is -2.18. The van der Waals surface area contributed by atoms with Crippen molar-refractivity contribution in [3.8, 4) is 0 Å². The smallest absolute Gasteiger partial charge is 0.205 e. The second-order valence-corrected chi connectivity index (χ2v) is 8.43. The molecule has 2 heteroatoms. The van der Waals surface area contributed by atoms with Gasteiger partial charge in [-0.2, -0.15) is 0 Å². The second-order valence-electron chi connectivity index (χ2n) is 6.38. The molecule has 0 N–H and O–H groups in total. The molecule has 1 nitrogen and oxygen atoms in total. The number of hydrogen-bond donors (Lipinski definition) is 0. The van der Waals surface area contributed by atoms with Crippen LogP contribution in [0.2, 0.25) is 13.1 Å². The van der Waals surface area contributed by atoms with E-state index in [1.54, 1.807) is 0 Å². The molecule has 0 aromatic carbocycles. The fourth-order valence-corrected chi connectivity index (χ4v) is 3.67. The predicted octanol–water partition coefficient (Wildman–Crippen LogP) is 6.73. The molecule has 0 aromatic rings. The molecular weight excluding hydrogens is 260 g/mol. The molecule has 121 valence electrons. The second kappa shape index (κ2) is 15.6. The molecular formula is C18H39OSi. The fourth-order valence-electron chi connectivity index (χ4n) is 2.72. The van der Waals surface area contributed by atoms with Gasteiger partial charge in [0.15, 0.2) is 0 Å². The minimum absolute atomic E-state index is 0.509. The highest BCUT2D eigenvalue weighted by molar-refractivity contribution is 6.48. The third-order valence-electron chi connectivity index (χ3n) is 3.99. The highest BCUT2D eigenvalue weighted by Gasteiger charge is 2.08. The van der Waals surface area contributed by atoms with Crippen molar-refractivity contribution in [1.29, 1.82) is 0 Å². The molecule has 0 aliphatic heterocycles. The van der Waals surface area contributed by atoms with Crippen LogP contribution in [0.25, 0.3) is 0 Å². The first-order chi connectivity index (χ1) is 9.70. The van der Waals surface area contributed by atoms with Crippen molar-refractivity contribution in [2.75, 3.05) is 0 Å². The van der Waals surface area contributed by atoms with Crippen molar-refractivity contribution in [3.63, 3.8) is 0 Å². The van der Waals surface area contributed by atoms with Crippen molar-refractivity contribution in [3.05, 3.63) is 0 Å². The lowest BCUT2D eigenvalue weighted by Crippen LogP contribution is -2.19. The highest BCUT2D eigenvalue weighted by Crippen LogP contribution is 2.14. The zero-order valence-electron chi connectivity index (χ0n) is 14.7. The van der Waals surface area contributed by atoms with E-state index in [4.69, 9.17) is 4.43 Å². The Labute approximate surface area is 130 Å². The highest BCUT2D eigenvalue weighted by atomic mass is 28.3. The quantitative estimate of drug-likeness (QED) is 0.240. The van der Waals surface area contributed by atoms with Crippen LogP contribution in [0.5, 0.6) is 0 Å². The topological polar surface area (TPSA) is 9.23 Å². The van der Waals surface area contributed by atoms with Crippen molar-refractivity contribution < 1.29 is 4.43 Å². The van der Waals surface area contributed by atoms with Gasteiger partial charge in [-0.3, -0.25) is 0 Å². The summed E-state index contributed by atoms with van der Waals surface area (Å²) in [5.41, 5.74) is 0.